The van der Waals surface area contributed by atoms with Gasteiger partial charge in [0.25, 0.3) is 0 Å². The first-order chi connectivity index (χ1) is 7.65. The highest BCUT2D eigenvalue weighted by atomic mass is 16.5. The van der Waals surface area contributed by atoms with Gasteiger partial charge in [0.15, 0.2) is 0 Å². The highest BCUT2D eigenvalue weighted by molar-refractivity contribution is 5.48. The van der Waals surface area contributed by atoms with Crippen LogP contribution in [0.1, 0.15) is 37.2 Å². The second kappa shape index (κ2) is 3.47. The van der Waals surface area contributed by atoms with Gasteiger partial charge in [-0.3, -0.25) is 4.90 Å². The molecule has 2 unspecified atom stereocenters. The van der Waals surface area contributed by atoms with Crippen LogP contribution < -0.4 is 5.73 Å². The highest BCUT2D eigenvalue weighted by Gasteiger charge is 2.39. The largest absolute Gasteiger partial charge is 0.399 e. The number of anilines is 1. The van der Waals surface area contributed by atoms with Gasteiger partial charge in [0.05, 0.1) is 12.2 Å². The molecule has 2 bridgehead atoms. The number of hydrogen-bond donors (Lipinski definition) is 1. The molecule has 1 saturated heterocycles. The third-order valence-corrected chi connectivity index (χ3v) is 3.66. The van der Waals surface area contributed by atoms with Gasteiger partial charge < -0.3 is 10.5 Å². The lowest BCUT2D eigenvalue weighted by molar-refractivity contribution is -0.0764. The van der Waals surface area contributed by atoms with Crippen molar-refractivity contribution in [1.82, 2.24) is 4.90 Å². The number of ether oxygens (including phenoxy) is 1. The van der Waals surface area contributed by atoms with Crippen LogP contribution in [-0.4, -0.2) is 24.0 Å². The number of rotatable bonds is 1. The van der Waals surface area contributed by atoms with Gasteiger partial charge in [0, 0.05) is 24.8 Å². The molecule has 1 aromatic rings. The Morgan fingerprint density at radius 1 is 1.25 bits per heavy atom. The molecule has 3 nitrogen and oxygen atoms in total. The minimum Gasteiger partial charge on any atom is -0.399 e. The van der Waals surface area contributed by atoms with E-state index < -0.39 is 0 Å². The average molecular weight is 218 g/mol. The van der Waals surface area contributed by atoms with Crippen LogP contribution in [0.5, 0.6) is 0 Å². The fourth-order valence-electron chi connectivity index (χ4n) is 2.72. The molecular formula is C13H18N2O. The predicted octanol–water partition coefficient (Wildman–Crippen LogP) is 2.11. The van der Waals surface area contributed by atoms with Gasteiger partial charge in [-0.2, -0.15) is 0 Å². The summed E-state index contributed by atoms with van der Waals surface area (Å²) in [4.78, 5) is 2.48. The van der Waals surface area contributed by atoms with Crippen LogP contribution >= 0.6 is 0 Å². The number of morpholine rings is 1. The fourth-order valence-corrected chi connectivity index (χ4v) is 2.72. The molecule has 16 heavy (non-hydrogen) atoms. The van der Waals surface area contributed by atoms with Gasteiger partial charge in [0.2, 0.25) is 0 Å². The number of fused-ring (bicyclic) bond motifs is 5. The maximum Gasteiger partial charge on any atom is 0.0965 e. The Hall–Kier alpha value is -1.06. The van der Waals surface area contributed by atoms with E-state index in [9.17, 15) is 0 Å². The van der Waals surface area contributed by atoms with Crippen LogP contribution in [0, 0.1) is 0 Å². The highest BCUT2D eigenvalue weighted by Crippen LogP contribution is 2.44. The summed E-state index contributed by atoms with van der Waals surface area (Å²) in [6.07, 6.45) is 0.469. The molecule has 2 aliphatic heterocycles. The maximum atomic E-state index is 6.01. The topological polar surface area (TPSA) is 38.5 Å². The van der Waals surface area contributed by atoms with E-state index in [1.54, 1.807) is 0 Å². The number of nitrogens with two attached hydrogens (primary N) is 1. The first-order valence-electron chi connectivity index (χ1n) is 5.94. The Balaban J connectivity index is 1.96. The summed E-state index contributed by atoms with van der Waals surface area (Å²) < 4.78 is 6.01. The summed E-state index contributed by atoms with van der Waals surface area (Å²) in [5.74, 6) is 0. The lowest BCUT2D eigenvalue weighted by atomic mass is 10.0. The molecule has 0 amide bonds. The summed E-state index contributed by atoms with van der Waals surface area (Å²) >= 11 is 0. The Morgan fingerprint density at radius 2 is 1.94 bits per heavy atom. The zero-order chi connectivity index (χ0) is 11.3. The Labute approximate surface area is 96.2 Å². The monoisotopic (exact) mass is 218 g/mol. The SMILES string of the molecule is CC(C)N1CC2OC(C1)c1cc(N)ccc12. The van der Waals surface area contributed by atoms with Crippen LogP contribution in [0.2, 0.25) is 0 Å². The maximum absolute atomic E-state index is 6.01. The summed E-state index contributed by atoms with van der Waals surface area (Å²) in [5, 5.41) is 0. The third-order valence-electron chi connectivity index (χ3n) is 3.66. The zero-order valence-corrected chi connectivity index (χ0v) is 9.81. The van der Waals surface area contributed by atoms with Gasteiger partial charge >= 0.3 is 0 Å². The molecule has 2 aliphatic rings. The molecule has 2 atom stereocenters. The summed E-state index contributed by atoms with van der Waals surface area (Å²) in [5.41, 5.74) is 9.31. The van der Waals surface area contributed by atoms with Crippen LogP contribution in [0.3, 0.4) is 0 Å². The molecule has 1 fully saturated rings. The van der Waals surface area contributed by atoms with Crippen molar-refractivity contribution in [2.45, 2.75) is 32.1 Å². The van der Waals surface area contributed by atoms with Crippen LogP contribution in [0.15, 0.2) is 18.2 Å². The van der Waals surface area contributed by atoms with Crippen LogP contribution in [-0.2, 0) is 4.74 Å². The first kappa shape index (κ1) is 10.1. The molecule has 2 N–H and O–H groups in total. The van der Waals surface area contributed by atoms with Crippen molar-refractivity contribution in [2.24, 2.45) is 0 Å². The normalized spacial score (nSPS) is 28.4. The van der Waals surface area contributed by atoms with E-state index >= 15 is 0 Å². The van der Waals surface area contributed by atoms with Gasteiger partial charge in [-0.15, -0.1) is 0 Å². The quantitative estimate of drug-likeness (QED) is 0.734. The minimum absolute atomic E-state index is 0.222. The van der Waals surface area contributed by atoms with E-state index in [0.29, 0.717) is 6.04 Å². The minimum atomic E-state index is 0.222. The standard InChI is InChI=1S/C13H18N2O/c1-8(2)15-6-12-10-4-3-9(14)5-11(10)13(7-15)16-12/h3-5,8,12-13H,6-7,14H2,1-2H3. The van der Waals surface area contributed by atoms with Crippen LogP contribution in [0.4, 0.5) is 5.69 Å². The Bertz CT molecular complexity index is 416. The van der Waals surface area contributed by atoms with E-state index in [1.165, 1.54) is 11.1 Å². The van der Waals surface area contributed by atoms with E-state index in [1.807, 2.05) is 6.07 Å². The molecule has 86 valence electrons. The van der Waals surface area contributed by atoms with E-state index in [-0.39, 0.29) is 12.2 Å². The summed E-state index contributed by atoms with van der Waals surface area (Å²) in [6.45, 7) is 6.48. The predicted molar refractivity (Wildman–Crippen MR) is 64.1 cm³/mol. The molecule has 0 radical (unpaired) electrons. The summed E-state index contributed by atoms with van der Waals surface area (Å²) in [6, 6.07) is 6.76. The molecule has 0 aromatic heterocycles. The lowest BCUT2D eigenvalue weighted by Crippen LogP contribution is -2.40. The van der Waals surface area contributed by atoms with Crippen molar-refractivity contribution < 1.29 is 4.74 Å². The van der Waals surface area contributed by atoms with Crippen molar-refractivity contribution in [1.29, 1.82) is 0 Å². The van der Waals surface area contributed by atoms with Crippen molar-refractivity contribution in [3.05, 3.63) is 29.3 Å². The zero-order valence-electron chi connectivity index (χ0n) is 9.81. The molecule has 0 aliphatic carbocycles. The molecule has 0 saturated carbocycles. The average Bonchev–Trinajstić information content (AvgIpc) is 2.50. The second-order valence-corrected chi connectivity index (χ2v) is 5.05. The first-order valence-corrected chi connectivity index (χ1v) is 5.94. The third kappa shape index (κ3) is 1.43. The van der Waals surface area contributed by atoms with Crippen molar-refractivity contribution >= 4 is 5.69 Å². The van der Waals surface area contributed by atoms with E-state index in [2.05, 4.69) is 30.9 Å². The molecule has 2 heterocycles. The lowest BCUT2D eigenvalue weighted by Gasteiger charge is -2.35. The van der Waals surface area contributed by atoms with E-state index in [4.69, 9.17) is 10.5 Å². The summed E-state index contributed by atoms with van der Waals surface area (Å²) in [7, 11) is 0. The van der Waals surface area contributed by atoms with Gasteiger partial charge in [-0.25, -0.2) is 0 Å². The smallest absolute Gasteiger partial charge is 0.0965 e. The van der Waals surface area contributed by atoms with E-state index in [0.717, 1.165) is 18.8 Å². The number of nitrogen functional groups attached to an aromatic ring is 1. The molecule has 0 spiro atoms. The second-order valence-electron chi connectivity index (χ2n) is 5.05. The molecule has 3 rings (SSSR count). The number of nitrogens with zero attached hydrogens (tertiary/aromatic N) is 1. The van der Waals surface area contributed by atoms with Gasteiger partial charge in [0.1, 0.15) is 0 Å². The molecular weight excluding hydrogens is 200 g/mol. The van der Waals surface area contributed by atoms with Crippen molar-refractivity contribution in [3.63, 3.8) is 0 Å². The molecule has 1 aromatic carbocycles. The fraction of sp³-hybridized carbons (Fsp3) is 0.538. The molecule has 3 heteroatoms. The number of hydrogen-bond acceptors (Lipinski definition) is 3. The Morgan fingerprint density at radius 3 is 2.62 bits per heavy atom. The Kier molecular flexibility index (Phi) is 2.19. The van der Waals surface area contributed by atoms with Gasteiger partial charge in [-0.1, -0.05) is 6.07 Å². The van der Waals surface area contributed by atoms with Crippen molar-refractivity contribution in [2.75, 3.05) is 18.8 Å². The van der Waals surface area contributed by atoms with Crippen molar-refractivity contribution in [3.8, 4) is 0 Å². The number of benzene rings is 1. The van der Waals surface area contributed by atoms with Crippen LogP contribution in [0.25, 0.3) is 0 Å². The van der Waals surface area contributed by atoms with Gasteiger partial charge in [-0.05, 0) is 37.1 Å².